The summed E-state index contributed by atoms with van der Waals surface area (Å²) in [5.41, 5.74) is -0.967. The summed E-state index contributed by atoms with van der Waals surface area (Å²) in [5, 5.41) is 73.1. The minimum Gasteiger partial charge on any atom is -0.549 e. The minimum atomic E-state index is -1.71. The largest absolute Gasteiger partial charge is 0.549 e. The van der Waals surface area contributed by atoms with Crippen LogP contribution in [0, 0.1) is 0 Å². The van der Waals surface area contributed by atoms with Crippen LogP contribution in [0.4, 0.5) is 0 Å². The molecule has 1 aromatic carbocycles. The van der Waals surface area contributed by atoms with Crippen molar-refractivity contribution in [2.24, 2.45) is 7.05 Å². The number of carbonyl (C=O) groups is 10. The number of β-lactam (4-membered cyclic amide) rings is 1. The molecule has 28 nitrogen and oxygen atoms in total. The molecule has 4 aliphatic heterocycles. The fourth-order valence-electron chi connectivity index (χ4n) is 9.63. The van der Waals surface area contributed by atoms with Gasteiger partial charge in [0.1, 0.15) is 27.9 Å². The molecule has 2 aromatic rings. The topological polar surface area (TPSA) is 371 Å². The van der Waals surface area contributed by atoms with Gasteiger partial charge >= 0.3 is 17.8 Å². The van der Waals surface area contributed by atoms with Crippen molar-refractivity contribution in [3.8, 4) is 5.75 Å². The van der Waals surface area contributed by atoms with Gasteiger partial charge in [-0.3, -0.25) is 63.0 Å². The standard InChI is InChI=1S/C47H65N13O15S2/c1-5-57-21-22-59(42(72)41(57)71)34(62)23-32(29-8-10-31(61)11-9-29)39(69)49-46(2)44(75)60-38(30(28-77-47(46,60)3)27-76-45-50-51-52-53(45)4)40(70)48-12-6-7-33(43(73)74)58-19-17-55(25-36(65)66)15-13-54(24-35(63)64)14-16-56(18-20-58)26-37(67)68/h8-11,32-33,61H,5-7,12-28H2,1-4H3,(H,48,70)(H,49,69)(H,63,64)(H,65,66)(H,67,68)(H,73,74)/p-3/t32-,33?,46+,47+/m0/s1. The van der Waals surface area contributed by atoms with Crippen LogP contribution in [0.2, 0.25) is 0 Å². The van der Waals surface area contributed by atoms with E-state index in [4.69, 9.17) is 0 Å². The number of nitrogens with one attached hydrogen (secondary N) is 2. The van der Waals surface area contributed by atoms with Gasteiger partial charge in [-0.2, -0.15) is 0 Å². The summed E-state index contributed by atoms with van der Waals surface area (Å²) in [4.78, 5) is 139. The predicted octanol–water partition coefficient (Wildman–Crippen LogP) is -6.35. The van der Waals surface area contributed by atoms with Gasteiger partial charge in [0.2, 0.25) is 17.0 Å². The number of carbonyl (C=O) groups excluding carboxylic acids is 9. The Kier molecular flexibility index (Phi) is 20.2. The molecule has 3 fully saturated rings. The fourth-order valence-corrected chi connectivity index (χ4v) is 12.0. The quantitative estimate of drug-likeness (QED) is 0.0369. The number of thioether (sulfide) groups is 2. The molecule has 6 amide bonds. The molecular formula is C47H62N13O15S2-3. The Hall–Kier alpha value is -6.73. The third-order valence-electron chi connectivity index (χ3n) is 14.2. The predicted molar refractivity (Wildman–Crippen MR) is 265 cm³/mol. The minimum absolute atomic E-state index is 0.00312. The van der Waals surface area contributed by atoms with E-state index in [0.717, 1.165) is 4.90 Å². The first-order chi connectivity index (χ1) is 36.5. The molecule has 4 atom stereocenters. The highest BCUT2D eigenvalue weighted by molar-refractivity contribution is 8.01. The molecule has 0 saturated carbocycles. The van der Waals surface area contributed by atoms with E-state index in [0.29, 0.717) is 10.7 Å². The van der Waals surface area contributed by atoms with E-state index in [2.05, 4.69) is 26.2 Å². The second-order valence-corrected chi connectivity index (χ2v) is 21.5. The number of phenols is 1. The Balaban J connectivity index is 1.20. The van der Waals surface area contributed by atoms with E-state index in [-0.39, 0.29) is 120 Å². The van der Waals surface area contributed by atoms with Gasteiger partial charge < -0.3 is 55.4 Å². The van der Waals surface area contributed by atoms with Crippen molar-refractivity contribution >= 4 is 82.8 Å². The van der Waals surface area contributed by atoms with Crippen LogP contribution >= 0.6 is 23.5 Å². The lowest BCUT2D eigenvalue weighted by Gasteiger charge is -2.63. The molecule has 3 saturated heterocycles. The van der Waals surface area contributed by atoms with Gasteiger partial charge in [0.05, 0.1) is 23.8 Å². The smallest absolute Gasteiger partial charge is 0.320 e. The van der Waals surface area contributed by atoms with Crippen LogP contribution < -0.4 is 26.0 Å². The summed E-state index contributed by atoms with van der Waals surface area (Å²) in [5.74, 6) is -11.5. The number of aryl methyl sites for hydroxylation is 1. The second kappa shape index (κ2) is 26.1. The Bertz CT molecular complexity index is 2590. The number of aliphatic carboxylic acids is 4. The number of phenolic OH excluding ortho intramolecular Hbond substituents is 1. The Morgan fingerprint density at radius 2 is 1.39 bits per heavy atom. The molecular weight excluding hydrogens is 1050 g/mol. The van der Waals surface area contributed by atoms with Gasteiger partial charge in [0.25, 0.3) is 11.8 Å². The first-order valence-corrected chi connectivity index (χ1v) is 26.8. The van der Waals surface area contributed by atoms with Crippen molar-refractivity contribution in [1.29, 1.82) is 0 Å². The number of imide groups is 1. The third kappa shape index (κ3) is 14.3. The lowest BCUT2D eigenvalue weighted by Crippen LogP contribution is -2.85. The number of hydrogen-bond acceptors (Lipinski definition) is 23. The summed E-state index contributed by atoms with van der Waals surface area (Å²) in [6.45, 7) is 3.74. The van der Waals surface area contributed by atoms with E-state index in [1.165, 1.54) is 83.9 Å². The maximum Gasteiger partial charge on any atom is 0.320 e. The zero-order chi connectivity index (χ0) is 56.4. The number of benzene rings is 1. The zero-order valence-electron chi connectivity index (χ0n) is 43.0. The highest BCUT2D eigenvalue weighted by Gasteiger charge is 2.70. The number of fused-ring (bicyclic) bond motifs is 1. The number of carboxylic acid groups (broad SMARTS) is 4. The summed E-state index contributed by atoms with van der Waals surface area (Å²) < 4.78 is 1.42. The second-order valence-electron chi connectivity index (χ2n) is 19.2. The average molecular weight is 1110 g/mol. The van der Waals surface area contributed by atoms with Crippen LogP contribution in [0.15, 0.2) is 40.7 Å². The zero-order valence-corrected chi connectivity index (χ0v) is 44.7. The number of carboxylic acids is 4. The highest BCUT2D eigenvalue weighted by Crippen LogP contribution is 2.55. The molecule has 420 valence electrons. The van der Waals surface area contributed by atoms with E-state index in [1.807, 2.05) is 0 Å². The number of tetrazole rings is 1. The Morgan fingerprint density at radius 3 is 1.91 bits per heavy atom. The number of piperazine rings is 1. The first-order valence-electron chi connectivity index (χ1n) is 24.8. The van der Waals surface area contributed by atoms with Crippen LogP contribution in [-0.2, 0) is 55.0 Å². The van der Waals surface area contributed by atoms with Crippen molar-refractivity contribution in [3.63, 3.8) is 0 Å². The molecule has 30 heteroatoms. The number of likely N-dealkylation sites (N-methyl/N-ethyl adjacent to an activating group) is 1. The van der Waals surface area contributed by atoms with Crippen LogP contribution in [0.25, 0.3) is 0 Å². The van der Waals surface area contributed by atoms with Crippen LogP contribution in [0.1, 0.15) is 51.5 Å². The molecule has 5 heterocycles. The molecule has 0 bridgehead atoms. The lowest BCUT2D eigenvalue weighted by molar-refractivity contribution is -0.308. The molecule has 4 N–H and O–H groups in total. The van der Waals surface area contributed by atoms with E-state index < -0.39 is 108 Å². The highest BCUT2D eigenvalue weighted by atomic mass is 32.2. The van der Waals surface area contributed by atoms with Crippen molar-refractivity contribution < 1.29 is 73.5 Å². The molecule has 1 aromatic heterocycles. The number of hydrogen-bond donors (Lipinski definition) is 4. The number of rotatable bonds is 22. The summed E-state index contributed by atoms with van der Waals surface area (Å²) >= 11 is 2.46. The summed E-state index contributed by atoms with van der Waals surface area (Å²) in [6, 6.07) is 4.25. The normalized spacial score (nSPS) is 22.3. The van der Waals surface area contributed by atoms with E-state index in [1.54, 1.807) is 25.8 Å². The number of amides is 6. The monoisotopic (exact) mass is 1110 g/mol. The molecule has 4 aliphatic rings. The van der Waals surface area contributed by atoms with Crippen LogP contribution in [0.5, 0.6) is 5.75 Å². The van der Waals surface area contributed by atoms with Gasteiger partial charge in [-0.25, -0.2) is 4.68 Å². The van der Waals surface area contributed by atoms with Crippen LogP contribution in [-0.4, -0.2) is 250 Å². The van der Waals surface area contributed by atoms with Crippen molar-refractivity contribution in [2.75, 3.05) is 110 Å². The average Bonchev–Trinajstić information content (AvgIpc) is 3.81. The van der Waals surface area contributed by atoms with Gasteiger partial charge in [0, 0.05) is 123 Å². The van der Waals surface area contributed by atoms with Gasteiger partial charge in [-0.15, -0.1) is 16.9 Å². The summed E-state index contributed by atoms with van der Waals surface area (Å²) in [6.07, 6.45) is -0.563. The molecule has 0 spiro atoms. The Morgan fingerprint density at radius 1 is 0.818 bits per heavy atom. The molecule has 6 rings (SSSR count). The lowest BCUT2D eigenvalue weighted by atomic mass is 9.78. The SMILES string of the molecule is CCN1CCN(C(=O)C[C@H](C(=O)N[C@]2(C)C(=O)N3C(C(=O)NCCCC(C(=O)O)N4CCN(CC(=O)[O-])CCN(CC(=O)[O-])CCN(CC(=O)[O-])CC4)=C(CSc4nnnn4C)CS[C@@]32C)c2ccc(O)cc2)C(=O)C1=O. The summed E-state index contributed by atoms with van der Waals surface area (Å²) in [7, 11) is 1.62. The maximum absolute atomic E-state index is 14.7. The molecule has 0 aliphatic carbocycles. The Labute approximate surface area is 451 Å². The van der Waals surface area contributed by atoms with E-state index in [9.17, 15) is 73.5 Å². The molecule has 1 unspecified atom stereocenters. The first kappa shape index (κ1) is 59.5. The van der Waals surface area contributed by atoms with Crippen LogP contribution in [0.3, 0.4) is 0 Å². The molecule has 0 radical (unpaired) electrons. The van der Waals surface area contributed by atoms with Gasteiger partial charge in [0.15, 0.2) is 0 Å². The number of aromatic nitrogens is 4. The van der Waals surface area contributed by atoms with Crippen molar-refractivity contribution in [3.05, 3.63) is 41.1 Å². The fraction of sp³-hybridized carbons (Fsp3) is 0.596. The maximum atomic E-state index is 14.7. The molecule has 77 heavy (non-hydrogen) atoms. The van der Waals surface area contributed by atoms with Gasteiger partial charge in [-0.1, -0.05) is 23.9 Å². The van der Waals surface area contributed by atoms with Crippen molar-refractivity contribution in [1.82, 2.24) is 65.1 Å². The van der Waals surface area contributed by atoms with Gasteiger partial charge in [-0.05, 0) is 67.3 Å². The number of nitrogens with zero attached hydrogens (tertiary/aromatic N) is 11. The third-order valence-corrected chi connectivity index (χ3v) is 16.9. The van der Waals surface area contributed by atoms with E-state index >= 15 is 0 Å². The van der Waals surface area contributed by atoms with Crippen molar-refractivity contribution in [2.45, 2.75) is 67.6 Å². The number of aromatic hydroxyl groups is 1.